The van der Waals surface area contributed by atoms with Crippen LogP contribution in [0.2, 0.25) is 5.02 Å². The third kappa shape index (κ3) is 5.40. The Kier molecular flexibility index (Phi) is 6.99. The molecule has 0 aliphatic rings. The second-order valence-electron chi connectivity index (χ2n) is 4.96. The van der Waals surface area contributed by atoms with Crippen molar-refractivity contribution in [2.75, 3.05) is 18.5 Å². The van der Waals surface area contributed by atoms with Crippen LogP contribution in [0.25, 0.3) is 0 Å². The van der Waals surface area contributed by atoms with Crippen LogP contribution in [0.1, 0.15) is 26.2 Å². The zero-order chi connectivity index (χ0) is 16.8. The molecule has 0 saturated carbocycles. The first-order valence-corrected chi connectivity index (χ1v) is 7.21. The van der Waals surface area contributed by atoms with E-state index in [0.29, 0.717) is 25.3 Å². The fourth-order valence-corrected chi connectivity index (χ4v) is 2.01. The van der Waals surface area contributed by atoms with Gasteiger partial charge in [0, 0.05) is 19.2 Å². The number of halogens is 3. The van der Waals surface area contributed by atoms with E-state index in [1.807, 2.05) is 0 Å². The molecule has 0 aromatic heterocycles. The van der Waals surface area contributed by atoms with Crippen LogP contribution in [-0.4, -0.2) is 35.0 Å². The second kappa shape index (κ2) is 8.26. The highest BCUT2D eigenvalue weighted by Crippen LogP contribution is 2.26. The number of aliphatic hydroxyl groups excluding tert-OH is 1. The van der Waals surface area contributed by atoms with Gasteiger partial charge in [-0.2, -0.15) is 0 Å². The Hall–Kier alpha value is -1.44. The van der Waals surface area contributed by atoms with E-state index in [4.69, 9.17) is 16.7 Å². The first-order valence-electron chi connectivity index (χ1n) is 6.84. The zero-order valence-corrected chi connectivity index (χ0v) is 12.9. The Balaban J connectivity index is 2.63. The predicted molar refractivity (Wildman–Crippen MR) is 80.0 cm³/mol. The molecule has 124 valence electrons. The maximum absolute atomic E-state index is 13.3. The molecule has 0 heterocycles. The fraction of sp³-hybridized carbons (Fsp3) is 0.500. The SMILES string of the molecule is CC[C@](O)(CCCO)CNC(=O)Nc1cc(F)cc(F)c1Cl. The number of benzene rings is 1. The molecule has 0 aliphatic heterocycles. The van der Waals surface area contributed by atoms with Crippen LogP contribution >= 0.6 is 11.6 Å². The molecule has 0 fully saturated rings. The van der Waals surface area contributed by atoms with Crippen LogP contribution in [0, 0.1) is 11.6 Å². The summed E-state index contributed by atoms with van der Waals surface area (Å²) in [5.41, 5.74) is -1.36. The van der Waals surface area contributed by atoms with Gasteiger partial charge in [0.25, 0.3) is 0 Å². The van der Waals surface area contributed by atoms with Crippen molar-refractivity contribution < 1.29 is 23.8 Å². The summed E-state index contributed by atoms with van der Waals surface area (Å²) in [6.45, 7) is 1.62. The van der Waals surface area contributed by atoms with Gasteiger partial charge in [-0.25, -0.2) is 13.6 Å². The highest BCUT2D eigenvalue weighted by molar-refractivity contribution is 6.33. The van der Waals surface area contributed by atoms with Crippen LogP contribution in [-0.2, 0) is 0 Å². The molecule has 22 heavy (non-hydrogen) atoms. The molecule has 2 amide bonds. The molecule has 8 heteroatoms. The zero-order valence-electron chi connectivity index (χ0n) is 12.1. The van der Waals surface area contributed by atoms with Crippen molar-refractivity contribution in [3.63, 3.8) is 0 Å². The summed E-state index contributed by atoms with van der Waals surface area (Å²) in [4.78, 5) is 11.7. The number of nitrogens with one attached hydrogen (secondary N) is 2. The summed E-state index contributed by atoms with van der Waals surface area (Å²) in [6.07, 6.45) is 1.09. The third-order valence-electron chi connectivity index (χ3n) is 3.28. The summed E-state index contributed by atoms with van der Waals surface area (Å²) < 4.78 is 26.3. The normalized spacial score (nSPS) is 13.5. The molecule has 1 rings (SSSR count). The highest BCUT2D eigenvalue weighted by atomic mass is 35.5. The van der Waals surface area contributed by atoms with Crippen molar-refractivity contribution in [2.24, 2.45) is 0 Å². The van der Waals surface area contributed by atoms with Gasteiger partial charge in [-0.3, -0.25) is 0 Å². The molecule has 1 atom stereocenters. The average Bonchev–Trinajstić information content (AvgIpc) is 2.48. The number of hydrogen-bond donors (Lipinski definition) is 4. The lowest BCUT2D eigenvalue weighted by atomic mass is 9.95. The lowest BCUT2D eigenvalue weighted by Gasteiger charge is -2.26. The Morgan fingerprint density at radius 2 is 2.09 bits per heavy atom. The number of rotatable bonds is 7. The molecule has 0 unspecified atom stereocenters. The van der Waals surface area contributed by atoms with Gasteiger partial charge in [-0.05, 0) is 25.3 Å². The van der Waals surface area contributed by atoms with Crippen molar-refractivity contribution >= 4 is 23.3 Å². The largest absolute Gasteiger partial charge is 0.396 e. The maximum Gasteiger partial charge on any atom is 0.319 e. The molecular formula is C14H19ClF2N2O3. The van der Waals surface area contributed by atoms with Gasteiger partial charge in [0.15, 0.2) is 0 Å². The van der Waals surface area contributed by atoms with Crippen LogP contribution in [0.4, 0.5) is 19.3 Å². The van der Waals surface area contributed by atoms with Gasteiger partial charge >= 0.3 is 6.03 Å². The predicted octanol–water partition coefficient (Wildman–Crippen LogP) is 2.65. The van der Waals surface area contributed by atoms with Gasteiger partial charge in [-0.15, -0.1) is 0 Å². The third-order valence-corrected chi connectivity index (χ3v) is 3.66. The van der Waals surface area contributed by atoms with Crippen molar-refractivity contribution in [3.8, 4) is 0 Å². The topological polar surface area (TPSA) is 81.6 Å². The van der Waals surface area contributed by atoms with Crippen LogP contribution in [0.15, 0.2) is 12.1 Å². The molecule has 1 aromatic carbocycles. The molecule has 4 N–H and O–H groups in total. The molecule has 0 saturated heterocycles. The number of carbonyl (C=O) groups is 1. The molecule has 0 bridgehead atoms. The van der Waals surface area contributed by atoms with Crippen molar-refractivity contribution in [3.05, 3.63) is 28.8 Å². The summed E-state index contributed by atoms with van der Waals surface area (Å²) in [7, 11) is 0. The van der Waals surface area contributed by atoms with E-state index in [2.05, 4.69) is 10.6 Å². The average molecular weight is 337 g/mol. The van der Waals surface area contributed by atoms with Crippen molar-refractivity contribution in [1.29, 1.82) is 0 Å². The molecule has 5 nitrogen and oxygen atoms in total. The highest BCUT2D eigenvalue weighted by Gasteiger charge is 2.25. The van der Waals surface area contributed by atoms with Gasteiger partial charge in [0.2, 0.25) is 0 Å². The first kappa shape index (κ1) is 18.6. The lowest BCUT2D eigenvalue weighted by molar-refractivity contribution is 0.0243. The minimum atomic E-state index is -1.16. The number of amides is 2. The smallest absolute Gasteiger partial charge is 0.319 e. The summed E-state index contributed by atoms with van der Waals surface area (Å²) in [5.74, 6) is -1.85. The minimum Gasteiger partial charge on any atom is -0.396 e. The van der Waals surface area contributed by atoms with Crippen LogP contribution < -0.4 is 10.6 Å². The molecule has 0 radical (unpaired) electrons. The van der Waals surface area contributed by atoms with E-state index >= 15 is 0 Å². The summed E-state index contributed by atoms with van der Waals surface area (Å²) in [6, 6.07) is 0.751. The first-order chi connectivity index (χ1) is 10.3. The van der Waals surface area contributed by atoms with E-state index in [1.54, 1.807) is 6.92 Å². The second-order valence-corrected chi connectivity index (χ2v) is 5.34. The van der Waals surface area contributed by atoms with Crippen molar-refractivity contribution in [2.45, 2.75) is 31.8 Å². The Morgan fingerprint density at radius 3 is 2.68 bits per heavy atom. The van der Waals surface area contributed by atoms with E-state index in [-0.39, 0.29) is 18.8 Å². The quantitative estimate of drug-likeness (QED) is 0.578. The molecular weight excluding hydrogens is 318 g/mol. The summed E-state index contributed by atoms with van der Waals surface area (Å²) in [5, 5.41) is 23.2. The number of carbonyl (C=O) groups excluding carboxylic acids is 1. The van der Waals surface area contributed by atoms with Gasteiger partial charge in [0.1, 0.15) is 16.7 Å². The van der Waals surface area contributed by atoms with Crippen LogP contribution in [0.5, 0.6) is 0 Å². The molecule has 0 spiro atoms. The Morgan fingerprint density at radius 1 is 1.41 bits per heavy atom. The van der Waals surface area contributed by atoms with E-state index in [9.17, 15) is 18.7 Å². The number of urea groups is 1. The standard InChI is InChI=1S/C14H19ClF2N2O3/c1-2-14(22,4-3-5-20)8-18-13(21)19-11-7-9(16)6-10(17)12(11)15/h6-7,20,22H,2-5,8H2,1H3,(H2,18,19,21)/t14-/m0/s1. The van der Waals surface area contributed by atoms with Gasteiger partial charge in [0.05, 0.1) is 11.3 Å². The van der Waals surface area contributed by atoms with E-state index in [1.165, 1.54) is 0 Å². The van der Waals surface area contributed by atoms with Crippen LogP contribution in [0.3, 0.4) is 0 Å². The maximum atomic E-state index is 13.3. The van der Waals surface area contributed by atoms with Gasteiger partial charge < -0.3 is 20.8 Å². The van der Waals surface area contributed by atoms with Crippen molar-refractivity contribution in [1.82, 2.24) is 5.32 Å². The Labute approximate surface area is 132 Å². The number of aliphatic hydroxyl groups is 2. The fourth-order valence-electron chi connectivity index (χ4n) is 1.86. The van der Waals surface area contributed by atoms with Gasteiger partial charge in [-0.1, -0.05) is 18.5 Å². The summed E-state index contributed by atoms with van der Waals surface area (Å²) >= 11 is 5.63. The lowest BCUT2D eigenvalue weighted by Crippen LogP contribution is -2.44. The Bertz CT molecular complexity index is 531. The number of hydrogen-bond acceptors (Lipinski definition) is 3. The number of anilines is 1. The molecule has 0 aliphatic carbocycles. The van der Waals surface area contributed by atoms with E-state index in [0.717, 1.165) is 6.07 Å². The van der Waals surface area contributed by atoms with E-state index < -0.39 is 28.3 Å². The minimum absolute atomic E-state index is 0.0628. The molecule has 1 aromatic rings. The monoisotopic (exact) mass is 336 g/mol.